The topological polar surface area (TPSA) is 56.8 Å². The third-order valence-corrected chi connectivity index (χ3v) is 4.80. The number of nitrogens with zero attached hydrogens (tertiary/aromatic N) is 2. The molecular weight excluding hydrogens is 272 g/mol. The van der Waals surface area contributed by atoms with Crippen LogP contribution in [0, 0.1) is 22.7 Å². The van der Waals surface area contributed by atoms with E-state index < -0.39 is 0 Å². The standard InChI is InChI=1S/C19H22N2O/c1-22-19(11-3-2-4-14-20)12-9-18(10-13-19)17-7-5-16(15-21)6-8-17/h2,4-8,18H,3,9-13H2,1H3. The summed E-state index contributed by atoms with van der Waals surface area (Å²) in [7, 11) is 1.80. The molecule has 2 rings (SSSR count). The van der Waals surface area contributed by atoms with E-state index in [2.05, 4.69) is 18.2 Å². The maximum absolute atomic E-state index is 8.87. The molecule has 114 valence electrons. The summed E-state index contributed by atoms with van der Waals surface area (Å²) in [4.78, 5) is 0. The van der Waals surface area contributed by atoms with E-state index in [-0.39, 0.29) is 5.60 Å². The molecule has 0 aliphatic heterocycles. The van der Waals surface area contributed by atoms with Crippen molar-refractivity contribution in [2.45, 2.75) is 50.0 Å². The molecule has 0 amide bonds. The van der Waals surface area contributed by atoms with Gasteiger partial charge in [0.2, 0.25) is 0 Å². The van der Waals surface area contributed by atoms with Crippen molar-refractivity contribution in [3.05, 3.63) is 47.5 Å². The molecule has 0 radical (unpaired) electrons. The molecule has 0 bridgehead atoms. The first kappa shape index (κ1) is 16.3. The second-order valence-corrected chi connectivity index (χ2v) is 5.97. The molecule has 1 saturated carbocycles. The molecule has 22 heavy (non-hydrogen) atoms. The number of allylic oxidation sites excluding steroid dienone is 2. The van der Waals surface area contributed by atoms with Gasteiger partial charge in [-0.3, -0.25) is 0 Å². The van der Waals surface area contributed by atoms with Gasteiger partial charge in [0.15, 0.2) is 0 Å². The van der Waals surface area contributed by atoms with Gasteiger partial charge >= 0.3 is 0 Å². The Labute approximate surface area is 132 Å². The van der Waals surface area contributed by atoms with Gasteiger partial charge in [-0.25, -0.2) is 0 Å². The van der Waals surface area contributed by atoms with Crippen molar-refractivity contribution in [3.63, 3.8) is 0 Å². The Morgan fingerprint density at radius 3 is 2.45 bits per heavy atom. The summed E-state index contributed by atoms with van der Waals surface area (Å²) in [5, 5.41) is 17.4. The lowest BCUT2D eigenvalue weighted by Crippen LogP contribution is -2.35. The Morgan fingerprint density at radius 1 is 1.23 bits per heavy atom. The number of hydrogen-bond acceptors (Lipinski definition) is 3. The van der Waals surface area contributed by atoms with E-state index in [9.17, 15) is 0 Å². The normalized spacial score (nSPS) is 24.8. The summed E-state index contributed by atoms with van der Waals surface area (Å²) in [5.74, 6) is 0.561. The molecule has 0 unspecified atom stereocenters. The van der Waals surface area contributed by atoms with Crippen LogP contribution in [0.2, 0.25) is 0 Å². The predicted molar refractivity (Wildman–Crippen MR) is 86.1 cm³/mol. The maximum atomic E-state index is 8.87. The molecule has 1 aliphatic rings. The smallest absolute Gasteiger partial charge is 0.0991 e. The van der Waals surface area contributed by atoms with Gasteiger partial charge in [0, 0.05) is 13.2 Å². The lowest BCUT2D eigenvalue weighted by molar-refractivity contribution is -0.0483. The highest BCUT2D eigenvalue weighted by Crippen LogP contribution is 2.42. The lowest BCUT2D eigenvalue weighted by atomic mass is 9.74. The summed E-state index contributed by atoms with van der Waals surface area (Å²) in [5.41, 5.74) is 2.01. The molecular formula is C19H22N2O. The first-order valence-corrected chi connectivity index (χ1v) is 7.83. The minimum absolute atomic E-state index is 0.0388. The van der Waals surface area contributed by atoms with Crippen LogP contribution in [0.4, 0.5) is 0 Å². The van der Waals surface area contributed by atoms with E-state index in [1.165, 1.54) is 5.56 Å². The fourth-order valence-corrected chi connectivity index (χ4v) is 3.35. The summed E-state index contributed by atoms with van der Waals surface area (Å²) in [6.45, 7) is 0. The van der Waals surface area contributed by atoms with E-state index >= 15 is 0 Å². The first-order chi connectivity index (χ1) is 10.7. The van der Waals surface area contributed by atoms with Gasteiger partial charge in [0.1, 0.15) is 0 Å². The summed E-state index contributed by atoms with van der Waals surface area (Å²) >= 11 is 0. The van der Waals surface area contributed by atoms with Crippen LogP contribution in [0.25, 0.3) is 0 Å². The molecule has 0 spiro atoms. The Hall–Kier alpha value is -2.10. The third kappa shape index (κ3) is 3.97. The van der Waals surface area contributed by atoms with Crippen LogP contribution in [0.15, 0.2) is 36.4 Å². The summed E-state index contributed by atoms with van der Waals surface area (Å²) < 4.78 is 5.82. The van der Waals surface area contributed by atoms with Crippen molar-refractivity contribution in [3.8, 4) is 12.1 Å². The average Bonchev–Trinajstić information content (AvgIpc) is 2.59. The largest absolute Gasteiger partial charge is 0.378 e. The molecule has 0 N–H and O–H groups in total. The Balaban J connectivity index is 1.94. The minimum Gasteiger partial charge on any atom is -0.378 e. The highest BCUT2D eigenvalue weighted by molar-refractivity contribution is 5.33. The monoisotopic (exact) mass is 294 g/mol. The minimum atomic E-state index is -0.0388. The highest BCUT2D eigenvalue weighted by atomic mass is 16.5. The zero-order valence-electron chi connectivity index (χ0n) is 13.1. The van der Waals surface area contributed by atoms with Gasteiger partial charge in [-0.2, -0.15) is 10.5 Å². The van der Waals surface area contributed by atoms with Gasteiger partial charge in [-0.1, -0.05) is 18.2 Å². The third-order valence-electron chi connectivity index (χ3n) is 4.80. The average molecular weight is 294 g/mol. The van der Waals surface area contributed by atoms with Crippen LogP contribution in [-0.2, 0) is 4.74 Å². The van der Waals surface area contributed by atoms with Crippen molar-refractivity contribution < 1.29 is 4.74 Å². The fraction of sp³-hybridized carbons (Fsp3) is 0.474. The molecule has 1 aliphatic carbocycles. The van der Waals surface area contributed by atoms with Crippen LogP contribution in [0.5, 0.6) is 0 Å². The maximum Gasteiger partial charge on any atom is 0.0991 e. The molecule has 0 atom stereocenters. The van der Waals surface area contributed by atoms with Crippen molar-refractivity contribution in [1.29, 1.82) is 10.5 Å². The number of benzene rings is 1. The second-order valence-electron chi connectivity index (χ2n) is 5.97. The zero-order chi connectivity index (χ0) is 15.8. The molecule has 0 aromatic heterocycles. The molecule has 3 heteroatoms. The lowest BCUT2D eigenvalue weighted by Gasteiger charge is -2.39. The van der Waals surface area contributed by atoms with E-state index in [1.807, 2.05) is 24.3 Å². The van der Waals surface area contributed by atoms with Crippen molar-refractivity contribution in [2.75, 3.05) is 7.11 Å². The van der Waals surface area contributed by atoms with E-state index in [0.29, 0.717) is 5.92 Å². The zero-order valence-corrected chi connectivity index (χ0v) is 13.1. The highest BCUT2D eigenvalue weighted by Gasteiger charge is 2.34. The summed E-state index contributed by atoms with van der Waals surface area (Å²) in [6.07, 6.45) is 9.66. The van der Waals surface area contributed by atoms with Crippen molar-refractivity contribution >= 4 is 0 Å². The van der Waals surface area contributed by atoms with Gasteiger partial charge in [0.25, 0.3) is 0 Å². The Morgan fingerprint density at radius 2 is 1.91 bits per heavy atom. The van der Waals surface area contributed by atoms with Crippen LogP contribution in [0.3, 0.4) is 0 Å². The van der Waals surface area contributed by atoms with Crippen LogP contribution in [0.1, 0.15) is 55.6 Å². The second kappa shape index (κ2) is 7.78. The molecule has 0 saturated heterocycles. The van der Waals surface area contributed by atoms with E-state index in [0.717, 1.165) is 44.1 Å². The Kier molecular flexibility index (Phi) is 5.75. The van der Waals surface area contributed by atoms with Crippen molar-refractivity contribution in [1.82, 2.24) is 0 Å². The number of methoxy groups -OCH3 is 1. The molecule has 1 aromatic rings. The van der Waals surface area contributed by atoms with Gasteiger partial charge < -0.3 is 4.74 Å². The van der Waals surface area contributed by atoms with Crippen LogP contribution >= 0.6 is 0 Å². The SMILES string of the molecule is COC1(CCC=CC#N)CCC(c2ccc(C#N)cc2)CC1. The molecule has 1 aromatic carbocycles. The van der Waals surface area contributed by atoms with Crippen molar-refractivity contribution in [2.24, 2.45) is 0 Å². The van der Waals surface area contributed by atoms with Crippen LogP contribution in [-0.4, -0.2) is 12.7 Å². The predicted octanol–water partition coefficient (Wildman–Crippen LogP) is 4.46. The number of ether oxygens (including phenoxy) is 1. The molecule has 3 nitrogen and oxygen atoms in total. The number of nitriles is 2. The van der Waals surface area contributed by atoms with Gasteiger partial charge in [0.05, 0.1) is 23.3 Å². The Bertz CT molecular complexity index is 581. The first-order valence-electron chi connectivity index (χ1n) is 7.83. The van der Waals surface area contributed by atoms with Gasteiger partial charge in [-0.15, -0.1) is 0 Å². The van der Waals surface area contributed by atoms with Crippen LogP contribution < -0.4 is 0 Å². The van der Waals surface area contributed by atoms with Gasteiger partial charge in [-0.05, 0) is 62.1 Å². The molecule has 0 heterocycles. The molecule has 1 fully saturated rings. The quantitative estimate of drug-likeness (QED) is 0.753. The van der Waals surface area contributed by atoms with E-state index in [1.54, 1.807) is 13.2 Å². The number of hydrogen-bond donors (Lipinski definition) is 0. The fourth-order valence-electron chi connectivity index (χ4n) is 3.35. The van der Waals surface area contributed by atoms with E-state index in [4.69, 9.17) is 15.3 Å². The number of rotatable bonds is 5. The summed E-state index contributed by atoms with van der Waals surface area (Å²) in [6, 6.07) is 12.2.